The first-order valence-electron chi connectivity index (χ1n) is 9.24. The summed E-state index contributed by atoms with van der Waals surface area (Å²) in [5.41, 5.74) is 0.955. The molecule has 0 bridgehead atoms. The van der Waals surface area contributed by atoms with Crippen LogP contribution in [-0.2, 0) is 19.1 Å². The van der Waals surface area contributed by atoms with Gasteiger partial charge in [0.15, 0.2) is 0 Å². The fourth-order valence-electron chi connectivity index (χ4n) is 4.12. The van der Waals surface area contributed by atoms with Crippen LogP contribution in [0.1, 0.15) is 30.7 Å². The van der Waals surface area contributed by atoms with Gasteiger partial charge in [0.25, 0.3) is 0 Å². The number of piperidine rings is 1. The average Bonchev–Trinajstić information content (AvgIpc) is 2.92. The number of benzene rings is 1. The van der Waals surface area contributed by atoms with Crippen molar-refractivity contribution in [2.75, 3.05) is 47.1 Å². The summed E-state index contributed by atoms with van der Waals surface area (Å²) in [6.07, 6.45) is 2.48. The van der Waals surface area contributed by atoms with Crippen LogP contribution in [0.3, 0.4) is 0 Å². The van der Waals surface area contributed by atoms with E-state index in [9.17, 15) is 9.59 Å². The monoisotopic (exact) mass is 360 g/mol. The molecule has 1 unspecified atom stereocenters. The molecule has 1 aromatic carbocycles. The smallest absolute Gasteiger partial charge is 0.248 e. The lowest BCUT2D eigenvalue weighted by atomic mass is 9.81. The Bertz CT molecular complexity index is 626. The fourth-order valence-corrected chi connectivity index (χ4v) is 4.12. The van der Waals surface area contributed by atoms with Crippen LogP contribution in [0.4, 0.5) is 0 Å². The lowest BCUT2D eigenvalue weighted by molar-refractivity contribution is -0.140. The van der Waals surface area contributed by atoms with Gasteiger partial charge in [-0.25, -0.2) is 0 Å². The van der Waals surface area contributed by atoms with Gasteiger partial charge in [0.1, 0.15) is 6.61 Å². The Morgan fingerprint density at radius 1 is 1.19 bits per heavy atom. The van der Waals surface area contributed by atoms with Gasteiger partial charge >= 0.3 is 0 Å². The van der Waals surface area contributed by atoms with Gasteiger partial charge in [-0.05, 0) is 24.8 Å². The van der Waals surface area contributed by atoms with E-state index in [1.807, 2.05) is 47.2 Å². The van der Waals surface area contributed by atoms with Crippen molar-refractivity contribution in [3.8, 4) is 0 Å². The topological polar surface area (TPSA) is 59.1 Å². The maximum Gasteiger partial charge on any atom is 0.248 e. The van der Waals surface area contributed by atoms with Crippen LogP contribution in [0.15, 0.2) is 30.3 Å². The predicted octanol–water partition coefficient (Wildman–Crippen LogP) is 1.66. The third-order valence-electron chi connectivity index (χ3n) is 5.83. The summed E-state index contributed by atoms with van der Waals surface area (Å²) in [4.78, 5) is 28.9. The third-order valence-corrected chi connectivity index (χ3v) is 5.83. The van der Waals surface area contributed by atoms with Crippen LogP contribution < -0.4 is 0 Å². The molecule has 2 fully saturated rings. The molecule has 2 aliphatic heterocycles. The summed E-state index contributed by atoms with van der Waals surface area (Å²) in [7, 11) is 3.52. The number of likely N-dealkylation sites (N-methyl/N-ethyl adjacent to an activating group) is 1. The van der Waals surface area contributed by atoms with Crippen LogP contribution in [0.25, 0.3) is 0 Å². The van der Waals surface area contributed by atoms with Crippen LogP contribution >= 0.6 is 0 Å². The minimum Gasteiger partial charge on any atom is -0.382 e. The Hall–Kier alpha value is -1.92. The van der Waals surface area contributed by atoms with Crippen LogP contribution in [0, 0.1) is 0 Å². The zero-order chi connectivity index (χ0) is 18.6. The number of ether oxygens (including phenoxy) is 2. The summed E-state index contributed by atoms with van der Waals surface area (Å²) in [6.45, 7) is 2.36. The number of nitrogens with zero attached hydrogens (tertiary/aromatic N) is 2. The zero-order valence-corrected chi connectivity index (χ0v) is 15.6. The van der Waals surface area contributed by atoms with Crippen molar-refractivity contribution in [2.24, 2.45) is 0 Å². The molecule has 0 radical (unpaired) electrons. The first-order chi connectivity index (χ1) is 12.6. The highest BCUT2D eigenvalue weighted by Crippen LogP contribution is 2.44. The Balaban J connectivity index is 1.58. The van der Waals surface area contributed by atoms with Gasteiger partial charge in [-0.1, -0.05) is 30.3 Å². The molecule has 1 atom stereocenters. The Labute approximate surface area is 155 Å². The average molecular weight is 360 g/mol. The number of rotatable bonds is 6. The number of carbonyl (C=O) groups is 2. The number of carbonyl (C=O) groups excluding carboxylic acids is 2. The van der Waals surface area contributed by atoms with Crippen molar-refractivity contribution in [3.63, 3.8) is 0 Å². The van der Waals surface area contributed by atoms with E-state index in [4.69, 9.17) is 9.47 Å². The fraction of sp³-hybridized carbons (Fsp3) is 0.600. The largest absolute Gasteiger partial charge is 0.382 e. The minimum absolute atomic E-state index is 0.0162. The van der Waals surface area contributed by atoms with E-state index in [0.717, 1.165) is 24.8 Å². The van der Waals surface area contributed by atoms with E-state index in [-0.39, 0.29) is 29.9 Å². The van der Waals surface area contributed by atoms with Gasteiger partial charge in [0.2, 0.25) is 11.8 Å². The van der Waals surface area contributed by atoms with Crippen molar-refractivity contribution in [2.45, 2.75) is 30.7 Å². The van der Waals surface area contributed by atoms with Gasteiger partial charge in [-0.15, -0.1) is 0 Å². The van der Waals surface area contributed by atoms with Crippen LogP contribution in [-0.4, -0.2) is 74.2 Å². The van der Waals surface area contributed by atoms with Crippen molar-refractivity contribution in [1.29, 1.82) is 0 Å². The molecular formula is C20H28N2O4. The van der Waals surface area contributed by atoms with Crippen LogP contribution in [0.2, 0.25) is 0 Å². The van der Waals surface area contributed by atoms with E-state index >= 15 is 0 Å². The molecule has 1 aromatic rings. The predicted molar refractivity (Wildman–Crippen MR) is 97.8 cm³/mol. The summed E-state index contributed by atoms with van der Waals surface area (Å²) < 4.78 is 10.3. The highest BCUT2D eigenvalue weighted by Gasteiger charge is 2.50. The molecule has 0 saturated carbocycles. The van der Waals surface area contributed by atoms with Gasteiger partial charge in [-0.2, -0.15) is 0 Å². The second-order valence-corrected chi connectivity index (χ2v) is 7.22. The molecule has 6 nitrogen and oxygen atoms in total. The van der Waals surface area contributed by atoms with E-state index in [1.54, 1.807) is 7.11 Å². The Kier molecular flexibility index (Phi) is 5.94. The maximum atomic E-state index is 12.8. The van der Waals surface area contributed by atoms with Crippen molar-refractivity contribution in [3.05, 3.63) is 35.9 Å². The zero-order valence-electron chi connectivity index (χ0n) is 15.6. The van der Waals surface area contributed by atoms with Crippen molar-refractivity contribution in [1.82, 2.24) is 9.80 Å². The molecular weight excluding hydrogens is 332 g/mol. The normalized spacial score (nSPS) is 22.2. The lowest BCUT2D eigenvalue weighted by Crippen LogP contribution is -2.53. The number of hydrogen-bond donors (Lipinski definition) is 0. The molecule has 2 heterocycles. The molecule has 6 heteroatoms. The standard InChI is InChI=1S/C20H28N2O4/c1-21-19(24)17(16-6-4-3-5-7-16)14-20(21)8-10-22(11-9-20)18(23)15-26-13-12-25-2/h3-7,17H,8-15H2,1-2H3. The number of amides is 2. The molecule has 1 spiro atoms. The Morgan fingerprint density at radius 2 is 1.88 bits per heavy atom. The quantitative estimate of drug-likeness (QED) is 0.724. The van der Waals surface area contributed by atoms with Crippen LogP contribution in [0.5, 0.6) is 0 Å². The van der Waals surface area contributed by atoms with Crippen molar-refractivity contribution >= 4 is 11.8 Å². The molecule has 0 N–H and O–H groups in total. The minimum atomic E-state index is -0.134. The number of hydrogen-bond acceptors (Lipinski definition) is 4. The van der Waals surface area contributed by atoms with Gasteiger partial charge in [-0.3, -0.25) is 9.59 Å². The summed E-state index contributed by atoms with van der Waals surface area (Å²) in [5.74, 6) is 0.141. The molecule has 3 rings (SSSR count). The van der Waals surface area contributed by atoms with Crippen molar-refractivity contribution < 1.29 is 19.1 Å². The highest BCUT2D eigenvalue weighted by atomic mass is 16.5. The van der Waals surface area contributed by atoms with E-state index < -0.39 is 0 Å². The van der Waals surface area contributed by atoms with Gasteiger partial charge in [0.05, 0.1) is 19.1 Å². The summed E-state index contributed by atoms with van der Waals surface area (Å²) >= 11 is 0. The SMILES string of the molecule is COCCOCC(=O)N1CCC2(CC1)CC(c1ccccc1)C(=O)N2C. The molecule has 2 saturated heterocycles. The van der Waals surface area contributed by atoms with Gasteiger partial charge in [0, 0.05) is 32.8 Å². The number of likely N-dealkylation sites (tertiary alicyclic amines) is 2. The summed E-state index contributed by atoms with van der Waals surface area (Å²) in [5, 5.41) is 0. The maximum absolute atomic E-state index is 12.8. The molecule has 0 aliphatic carbocycles. The molecule has 2 amide bonds. The highest BCUT2D eigenvalue weighted by molar-refractivity contribution is 5.87. The molecule has 142 valence electrons. The Morgan fingerprint density at radius 3 is 2.54 bits per heavy atom. The second kappa shape index (κ2) is 8.18. The first-order valence-corrected chi connectivity index (χ1v) is 9.24. The molecule has 0 aromatic heterocycles. The molecule has 2 aliphatic rings. The van der Waals surface area contributed by atoms with E-state index in [2.05, 4.69) is 0 Å². The van der Waals surface area contributed by atoms with E-state index in [0.29, 0.717) is 26.3 Å². The van der Waals surface area contributed by atoms with E-state index in [1.165, 1.54) is 0 Å². The number of methoxy groups -OCH3 is 1. The first kappa shape index (κ1) is 18.9. The van der Waals surface area contributed by atoms with Gasteiger partial charge < -0.3 is 19.3 Å². The second-order valence-electron chi connectivity index (χ2n) is 7.22. The lowest BCUT2D eigenvalue weighted by Gasteiger charge is -2.43. The molecule has 26 heavy (non-hydrogen) atoms. The third kappa shape index (κ3) is 3.76. The summed E-state index contributed by atoms with van der Waals surface area (Å²) in [6, 6.07) is 10.0.